The predicted molar refractivity (Wildman–Crippen MR) is 90.7 cm³/mol. The Bertz CT molecular complexity index is 984. The van der Waals surface area contributed by atoms with E-state index >= 15 is 0 Å². The number of carbonyl (C=O) groups is 1. The van der Waals surface area contributed by atoms with Crippen molar-refractivity contribution in [3.63, 3.8) is 0 Å². The van der Waals surface area contributed by atoms with Crippen LogP contribution >= 0.6 is 0 Å². The second-order valence-electron chi connectivity index (χ2n) is 6.09. The second kappa shape index (κ2) is 5.44. The van der Waals surface area contributed by atoms with Crippen molar-refractivity contribution in [2.45, 2.75) is 26.1 Å². The normalized spacial score (nSPS) is 18.5. The van der Waals surface area contributed by atoms with Crippen LogP contribution in [0.4, 0.5) is 5.69 Å². The highest BCUT2D eigenvalue weighted by Gasteiger charge is 2.35. The highest BCUT2D eigenvalue weighted by Crippen LogP contribution is 2.42. The van der Waals surface area contributed by atoms with Gasteiger partial charge in [0.05, 0.1) is 5.56 Å². The predicted octanol–water partition coefficient (Wildman–Crippen LogP) is 2.51. The zero-order valence-electron chi connectivity index (χ0n) is 14.1. The topological polar surface area (TPSA) is 91.2 Å². The van der Waals surface area contributed by atoms with Gasteiger partial charge in [-0.1, -0.05) is 12.1 Å². The molecule has 1 N–H and O–H groups in total. The summed E-state index contributed by atoms with van der Waals surface area (Å²) < 4.78 is 13.2. The molecule has 1 aromatic carbocycles. The van der Waals surface area contributed by atoms with Gasteiger partial charge < -0.3 is 14.8 Å². The molecular weight excluding hydrogens is 322 g/mol. The van der Waals surface area contributed by atoms with Gasteiger partial charge >= 0.3 is 0 Å². The molecule has 2 aromatic heterocycles. The number of aryl methyl sites for hydroxylation is 1. The number of carbonyl (C=O) groups excluding carboxylic acids is 1. The SMILES string of the molecule is CC[C@@]1(C)Oc2ccc(NC(=O)c3cnc4c(c3)nnn4C)cc2O1. The molecule has 0 saturated heterocycles. The van der Waals surface area contributed by atoms with E-state index in [1.165, 1.54) is 6.20 Å². The first-order valence-corrected chi connectivity index (χ1v) is 7.96. The van der Waals surface area contributed by atoms with Crippen molar-refractivity contribution in [3.8, 4) is 11.5 Å². The lowest BCUT2D eigenvalue weighted by Crippen LogP contribution is -2.33. The van der Waals surface area contributed by atoms with E-state index in [0.717, 1.165) is 0 Å². The summed E-state index contributed by atoms with van der Waals surface area (Å²) >= 11 is 0. The molecule has 0 saturated carbocycles. The van der Waals surface area contributed by atoms with E-state index in [9.17, 15) is 4.79 Å². The molecule has 1 aliphatic heterocycles. The average Bonchev–Trinajstić information content (AvgIpc) is 3.14. The van der Waals surface area contributed by atoms with Crippen LogP contribution in [0.3, 0.4) is 0 Å². The van der Waals surface area contributed by atoms with Crippen molar-refractivity contribution in [1.29, 1.82) is 0 Å². The molecule has 4 rings (SSSR count). The van der Waals surface area contributed by atoms with E-state index in [-0.39, 0.29) is 5.91 Å². The molecule has 0 aliphatic carbocycles. The molecule has 128 valence electrons. The summed E-state index contributed by atoms with van der Waals surface area (Å²) in [4.78, 5) is 16.7. The summed E-state index contributed by atoms with van der Waals surface area (Å²) in [6, 6.07) is 6.97. The lowest BCUT2D eigenvalue weighted by molar-refractivity contribution is -0.0640. The third-order valence-corrected chi connectivity index (χ3v) is 4.20. The van der Waals surface area contributed by atoms with Crippen molar-refractivity contribution in [2.24, 2.45) is 7.05 Å². The number of aromatic nitrogens is 4. The Morgan fingerprint density at radius 1 is 1.28 bits per heavy atom. The maximum absolute atomic E-state index is 12.5. The molecule has 1 amide bonds. The fourth-order valence-electron chi connectivity index (χ4n) is 2.63. The molecule has 3 aromatic rings. The van der Waals surface area contributed by atoms with E-state index in [1.807, 2.05) is 13.8 Å². The van der Waals surface area contributed by atoms with Crippen LogP contribution in [0.2, 0.25) is 0 Å². The van der Waals surface area contributed by atoms with Crippen LogP contribution in [-0.4, -0.2) is 31.7 Å². The smallest absolute Gasteiger partial charge is 0.257 e. The molecule has 0 bridgehead atoms. The largest absolute Gasteiger partial charge is 0.449 e. The average molecular weight is 339 g/mol. The summed E-state index contributed by atoms with van der Waals surface area (Å²) in [6.45, 7) is 3.87. The number of pyridine rings is 1. The number of benzene rings is 1. The first kappa shape index (κ1) is 15.4. The van der Waals surface area contributed by atoms with Gasteiger partial charge in [0.1, 0.15) is 5.52 Å². The van der Waals surface area contributed by atoms with E-state index in [2.05, 4.69) is 20.6 Å². The fraction of sp³-hybridized carbons (Fsp3) is 0.294. The number of nitrogens with one attached hydrogen (secondary N) is 1. The third-order valence-electron chi connectivity index (χ3n) is 4.20. The van der Waals surface area contributed by atoms with Gasteiger partial charge in [-0.15, -0.1) is 5.10 Å². The standard InChI is InChI=1S/C17H17N5O3/c1-4-17(2)24-13-6-5-11(8-14(13)25-17)19-16(23)10-7-12-15(18-9-10)22(3)21-20-12/h5-9H,4H2,1-3H3,(H,19,23)/t17-/m0/s1. The molecule has 0 radical (unpaired) electrons. The van der Waals surface area contributed by atoms with Gasteiger partial charge in [0.2, 0.25) is 5.79 Å². The summed E-state index contributed by atoms with van der Waals surface area (Å²) in [7, 11) is 1.75. The Kier molecular flexibility index (Phi) is 3.34. The first-order chi connectivity index (χ1) is 12.0. The van der Waals surface area contributed by atoms with Gasteiger partial charge in [-0.2, -0.15) is 0 Å². The number of amides is 1. The highest BCUT2D eigenvalue weighted by atomic mass is 16.7. The molecule has 25 heavy (non-hydrogen) atoms. The van der Waals surface area contributed by atoms with Crippen molar-refractivity contribution in [1.82, 2.24) is 20.0 Å². The molecule has 0 unspecified atom stereocenters. The molecule has 0 fully saturated rings. The second-order valence-corrected chi connectivity index (χ2v) is 6.09. The van der Waals surface area contributed by atoms with E-state index < -0.39 is 5.79 Å². The number of hydrogen-bond acceptors (Lipinski definition) is 6. The number of anilines is 1. The van der Waals surface area contributed by atoms with Crippen LogP contribution in [0.5, 0.6) is 11.5 Å². The van der Waals surface area contributed by atoms with Gasteiger partial charge in [0.15, 0.2) is 17.1 Å². The van der Waals surface area contributed by atoms with Gasteiger partial charge in [-0.3, -0.25) is 4.79 Å². The lowest BCUT2D eigenvalue weighted by Gasteiger charge is -2.20. The Morgan fingerprint density at radius 3 is 2.88 bits per heavy atom. The first-order valence-electron chi connectivity index (χ1n) is 7.96. The minimum Gasteiger partial charge on any atom is -0.449 e. The molecule has 8 heteroatoms. The number of rotatable bonds is 3. The lowest BCUT2D eigenvalue weighted by atomic mass is 10.2. The highest BCUT2D eigenvalue weighted by molar-refractivity contribution is 6.05. The zero-order valence-corrected chi connectivity index (χ0v) is 14.1. The zero-order chi connectivity index (χ0) is 17.6. The fourth-order valence-corrected chi connectivity index (χ4v) is 2.63. The molecule has 0 spiro atoms. The van der Waals surface area contributed by atoms with Crippen molar-refractivity contribution in [2.75, 3.05) is 5.32 Å². The van der Waals surface area contributed by atoms with Gasteiger partial charge in [0, 0.05) is 38.3 Å². The van der Waals surface area contributed by atoms with Crippen LogP contribution in [-0.2, 0) is 7.05 Å². The Balaban J connectivity index is 1.56. The van der Waals surface area contributed by atoms with Crippen molar-refractivity contribution >= 4 is 22.8 Å². The van der Waals surface area contributed by atoms with Crippen LogP contribution in [0, 0.1) is 0 Å². The third kappa shape index (κ3) is 2.65. The molecule has 8 nitrogen and oxygen atoms in total. The van der Waals surface area contributed by atoms with Gasteiger partial charge in [-0.25, -0.2) is 9.67 Å². The van der Waals surface area contributed by atoms with E-state index in [1.54, 1.807) is 36.0 Å². The molecule has 3 heterocycles. The quantitative estimate of drug-likeness (QED) is 0.788. The Hall–Kier alpha value is -3.16. The van der Waals surface area contributed by atoms with Crippen molar-refractivity contribution < 1.29 is 14.3 Å². The van der Waals surface area contributed by atoms with Crippen LogP contribution in [0.15, 0.2) is 30.5 Å². The van der Waals surface area contributed by atoms with Gasteiger partial charge in [0.25, 0.3) is 5.91 Å². The number of hydrogen-bond donors (Lipinski definition) is 1. The van der Waals surface area contributed by atoms with Crippen LogP contribution < -0.4 is 14.8 Å². The molecular formula is C17H17N5O3. The van der Waals surface area contributed by atoms with Crippen LogP contribution in [0.25, 0.3) is 11.2 Å². The summed E-state index contributed by atoms with van der Waals surface area (Å²) in [6.07, 6.45) is 2.22. The minimum absolute atomic E-state index is 0.280. The molecule has 1 aliphatic rings. The Labute approximate surface area is 143 Å². The number of ether oxygens (including phenoxy) is 2. The van der Waals surface area contributed by atoms with E-state index in [0.29, 0.717) is 40.3 Å². The van der Waals surface area contributed by atoms with Gasteiger partial charge in [-0.05, 0) is 18.2 Å². The molecule has 1 atom stereocenters. The maximum Gasteiger partial charge on any atom is 0.257 e. The monoisotopic (exact) mass is 339 g/mol. The van der Waals surface area contributed by atoms with Crippen LogP contribution in [0.1, 0.15) is 30.6 Å². The summed E-state index contributed by atoms with van der Waals surface area (Å²) in [5.74, 6) is 0.346. The summed E-state index contributed by atoms with van der Waals surface area (Å²) in [5.41, 5.74) is 2.22. The van der Waals surface area contributed by atoms with Crippen molar-refractivity contribution in [3.05, 3.63) is 36.0 Å². The maximum atomic E-state index is 12.5. The Morgan fingerprint density at radius 2 is 2.08 bits per heavy atom. The number of fused-ring (bicyclic) bond motifs is 2. The summed E-state index contributed by atoms with van der Waals surface area (Å²) in [5, 5.41) is 10.7. The van der Waals surface area contributed by atoms with E-state index in [4.69, 9.17) is 9.47 Å². The minimum atomic E-state index is -0.661. The number of nitrogens with zero attached hydrogens (tertiary/aromatic N) is 4.